The van der Waals surface area contributed by atoms with E-state index < -0.39 is 5.92 Å². The number of rotatable bonds is 13. The van der Waals surface area contributed by atoms with Crippen molar-refractivity contribution in [2.75, 3.05) is 19.0 Å². The van der Waals surface area contributed by atoms with Gasteiger partial charge in [0, 0.05) is 32.7 Å². The maximum atomic E-state index is 14.8. The molecule has 1 atom stereocenters. The van der Waals surface area contributed by atoms with Crippen LogP contribution in [0.15, 0.2) is 66.7 Å². The van der Waals surface area contributed by atoms with Crippen molar-refractivity contribution in [3.8, 4) is 5.75 Å². The summed E-state index contributed by atoms with van der Waals surface area (Å²) in [6.07, 6.45) is 10.9. The first-order valence-electron chi connectivity index (χ1n) is 17.3. The molecule has 49 heavy (non-hydrogen) atoms. The number of amides is 1. The minimum Gasteiger partial charge on any atom is -0.497 e. The number of pyridine rings is 1. The summed E-state index contributed by atoms with van der Waals surface area (Å²) in [5.74, 6) is -0.0489. The summed E-state index contributed by atoms with van der Waals surface area (Å²) in [5, 5.41) is 5.82. The van der Waals surface area contributed by atoms with Crippen molar-refractivity contribution in [3.63, 3.8) is 0 Å². The van der Waals surface area contributed by atoms with E-state index in [1.165, 1.54) is 0 Å². The number of hydrogen-bond acceptors (Lipinski definition) is 5. The molecule has 0 fully saturated rings. The Balaban J connectivity index is 0.00000468. The summed E-state index contributed by atoms with van der Waals surface area (Å²) in [4.78, 5) is 33.9. The number of nitrogens with zero attached hydrogens (tertiary/aromatic N) is 2. The first kappa shape index (κ1) is 36.4. The molecule has 6 rings (SSSR count). The van der Waals surface area contributed by atoms with Crippen molar-refractivity contribution in [3.05, 3.63) is 99.8 Å². The molecule has 0 aliphatic heterocycles. The van der Waals surface area contributed by atoms with Gasteiger partial charge < -0.3 is 15.8 Å². The van der Waals surface area contributed by atoms with Crippen molar-refractivity contribution in [2.45, 2.75) is 83.5 Å². The van der Waals surface area contributed by atoms with Gasteiger partial charge in [-0.05, 0) is 112 Å². The predicted molar refractivity (Wildman–Crippen MR) is 203 cm³/mol. The fourth-order valence-electron chi connectivity index (χ4n) is 7.30. The molecule has 0 bridgehead atoms. The van der Waals surface area contributed by atoms with Crippen molar-refractivity contribution in [1.29, 1.82) is 0 Å². The zero-order valence-electron chi connectivity index (χ0n) is 28.4. The zero-order valence-corrected chi connectivity index (χ0v) is 30.0. The number of halogens is 2. The average Bonchev–Trinajstić information content (AvgIpc) is 3.39. The van der Waals surface area contributed by atoms with Crippen LogP contribution in [0.5, 0.6) is 5.75 Å². The molecule has 0 saturated heterocycles. The van der Waals surface area contributed by atoms with Gasteiger partial charge in [0.1, 0.15) is 5.75 Å². The molecule has 0 saturated carbocycles. The highest BCUT2D eigenvalue weighted by molar-refractivity contribution is 6.30. The number of unbranched alkanes of at least 4 members (excludes halogenated alkanes) is 5. The first-order valence-corrected chi connectivity index (χ1v) is 17.7. The second kappa shape index (κ2) is 16.7. The Morgan fingerprint density at radius 3 is 2.41 bits per heavy atom. The lowest BCUT2D eigenvalue weighted by molar-refractivity contribution is -0.117. The molecule has 7 nitrogen and oxygen atoms in total. The number of aryl methyl sites for hydroxylation is 1. The Kier molecular flexibility index (Phi) is 12.4. The molecule has 1 aliphatic carbocycles. The van der Waals surface area contributed by atoms with E-state index in [4.69, 9.17) is 27.1 Å². The minimum absolute atomic E-state index is 0. The molecule has 258 valence electrons. The monoisotopic (exact) mass is 700 g/mol. The van der Waals surface area contributed by atoms with E-state index in [0.717, 1.165) is 121 Å². The van der Waals surface area contributed by atoms with Gasteiger partial charge in [-0.15, -0.1) is 12.4 Å². The number of hydrogen-bond donors (Lipinski definition) is 2. The van der Waals surface area contributed by atoms with Gasteiger partial charge in [0.05, 0.1) is 29.7 Å². The Hall–Kier alpha value is -3.91. The highest BCUT2D eigenvalue weighted by atomic mass is 35.5. The molecular formula is C40H46Cl2N4O3. The van der Waals surface area contributed by atoms with Crippen LogP contribution in [0.25, 0.3) is 21.8 Å². The molecule has 1 unspecified atom stereocenters. The third-order valence-electron chi connectivity index (χ3n) is 9.78. The highest BCUT2D eigenvalue weighted by Crippen LogP contribution is 2.40. The Morgan fingerprint density at radius 1 is 0.939 bits per heavy atom. The lowest BCUT2D eigenvalue weighted by atomic mass is 9.88. The van der Waals surface area contributed by atoms with Crippen LogP contribution in [0.3, 0.4) is 0 Å². The van der Waals surface area contributed by atoms with E-state index in [1.807, 2.05) is 43.3 Å². The third-order valence-corrected chi connectivity index (χ3v) is 10.0. The van der Waals surface area contributed by atoms with E-state index in [0.29, 0.717) is 22.8 Å². The Labute approximate surface area is 300 Å². The van der Waals surface area contributed by atoms with Crippen molar-refractivity contribution >= 4 is 63.3 Å². The molecule has 0 radical (unpaired) electrons. The van der Waals surface area contributed by atoms with Crippen LogP contribution >= 0.6 is 24.0 Å². The summed E-state index contributed by atoms with van der Waals surface area (Å²) in [6, 6.07) is 20.7. The van der Waals surface area contributed by atoms with Gasteiger partial charge in [0.25, 0.3) is 5.91 Å². The van der Waals surface area contributed by atoms with Crippen LogP contribution in [0, 0.1) is 6.92 Å². The summed E-state index contributed by atoms with van der Waals surface area (Å²) in [5.41, 5.74) is 12.6. The first-order chi connectivity index (χ1) is 23.4. The number of aromatic nitrogens is 2. The molecule has 9 heteroatoms. The number of carbonyl (C=O) groups excluding carboxylic acids is 2. The SMILES string of the molecule is COc1ccc2c(c1)c(C(CCCCCCCCN)C(=O)Nc1c3c(nc4ccccc14)CCCC3)c(C)n2C(=O)c1ccc(Cl)cc1.Cl. The van der Waals surface area contributed by atoms with Gasteiger partial charge in [0.2, 0.25) is 5.91 Å². The summed E-state index contributed by atoms with van der Waals surface area (Å²) < 4.78 is 7.39. The number of nitrogens with one attached hydrogen (secondary N) is 1. The molecule has 0 spiro atoms. The number of anilines is 1. The molecule has 3 aromatic carbocycles. The number of ether oxygens (including phenoxy) is 1. The van der Waals surface area contributed by atoms with E-state index in [9.17, 15) is 9.59 Å². The highest BCUT2D eigenvalue weighted by Gasteiger charge is 2.31. The normalized spacial score (nSPS) is 13.1. The van der Waals surface area contributed by atoms with Gasteiger partial charge in [-0.3, -0.25) is 19.1 Å². The minimum atomic E-state index is -0.492. The van der Waals surface area contributed by atoms with Crippen LogP contribution in [0.1, 0.15) is 96.6 Å². The average molecular weight is 702 g/mol. The number of para-hydroxylation sites is 1. The summed E-state index contributed by atoms with van der Waals surface area (Å²) in [7, 11) is 1.64. The Morgan fingerprint density at radius 2 is 1.65 bits per heavy atom. The van der Waals surface area contributed by atoms with Crippen molar-refractivity contribution in [1.82, 2.24) is 9.55 Å². The number of methoxy groups -OCH3 is 1. The quantitative estimate of drug-likeness (QED) is 0.119. The predicted octanol–water partition coefficient (Wildman–Crippen LogP) is 9.56. The van der Waals surface area contributed by atoms with E-state index in [1.54, 1.807) is 35.9 Å². The molecule has 2 aromatic heterocycles. The smallest absolute Gasteiger partial charge is 0.262 e. The Bertz CT molecular complexity index is 1940. The molecule has 1 amide bonds. The second-order valence-electron chi connectivity index (χ2n) is 12.9. The lowest BCUT2D eigenvalue weighted by Gasteiger charge is -2.24. The number of benzene rings is 3. The van der Waals surface area contributed by atoms with Gasteiger partial charge in [0.15, 0.2) is 0 Å². The van der Waals surface area contributed by atoms with E-state index in [-0.39, 0.29) is 24.2 Å². The van der Waals surface area contributed by atoms with Crippen LogP contribution in [0.2, 0.25) is 5.02 Å². The fraction of sp³-hybridized carbons (Fsp3) is 0.375. The molecule has 3 N–H and O–H groups in total. The van der Waals surface area contributed by atoms with Crippen molar-refractivity contribution in [2.24, 2.45) is 5.73 Å². The van der Waals surface area contributed by atoms with Gasteiger partial charge in [-0.25, -0.2) is 0 Å². The van der Waals surface area contributed by atoms with Crippen LogP contribution in [-0.2, 0) is 17.6 Å². The van der Waals surface area contributed by atoms with Crippen LogP contribution < -0.4 is 15.8 Å². The lowest BCUT2D eigenvalue weighted by Crippen LogP contribution is -2.24. The van der Waals surface area contributed by atoms with E-state index in [2.05, 4.69) is 11.4 Å². The molecule has 1 aliphatic rings. The fourth-order valence-corrected chi connectivity index (χ4v) is 7.43. The van der Waals surface area contributed by atoms with Crippen LogP contribution in [0.4, 0.5) is 5.69 Å². The summed E-state index contributed by atoms with van der Waals surface area (Å²) in [6.45, 7) is 2.67. The van der Waals surface area contributed by atoms with E-state index >= 15 is 0 Å². The number of nitrogens with two attached hydrogens (primary N) is 1. The van der Waals surface area contributed by atoms with Crippen molar-refractivity contribution < 1.29 is 14.3 Å². The third kappa shape index (κ3) is 7.80. The maximum Gasteiger partial charge on any atom is 0.262 e. The zero-order chi connectivity index (χ0) is 33.6. The molecule has 5 aromatic rings. The maximum absolute atomic E-state index is 14.8. The second-order valence-corrected chi connectivity index (χ2v) is 13.3. The molecule has 2 heterocycles. The summed E-state index contributed by atoms with van der Waals surface area (Å²) >= 11 is 6.16. The van der Waals surface area contributed by atoms with Gasteiger partial charge in [-0.1, -0.05) is 61.9 Å². The standard InChI is InChI=1S/C40H45ClN4O3.ClH/c1-26-37(33-25-29(48-2)22-23-36(33)45(26)40(47)27-18-20-28(41)21-19-27)32(15-7-5-3-4-6-12-24-42)39(46)44-38-30-13-8-10-16-34(30)43-35-17-11-9-14-31(35)38;/h8,10,13,16,18-23,25,32H,3-7,9,11-12,14-15,17,24,42H2,1-2H3,(H,43,44,46);1H. The van der Waals surface area contributed by atoms with Gasteiger partial charge in [-0.2, -0.15) is 0 Å². The number of carbonyl (C=O) groups is 2. The van der Waals surface area contributed by atoms with Gasteiger partial charge >= 0.3 is 0 Å². The number of fused-ring (bicyclic) bond motifs is 3. The topological polar surface area (TPSA) is 99.2 Å². The largest absolute Gasteiger partial charge is 0.497 e. The van der Waals surface area contributed by atoms with Crippen LogP contribution in [-0.4, -0.2) is 35.0 Å². The molecular weight excluding hydrogens is 655 g/mol.